The van der Waals surface area contributed by atoms with Crippen LogP contribution in [0.3, 0.4) is 0 Å². The summed E-state index contributed by atoms with van der Waals surface area (Å²) in [5, 5.41) is 3.78. The molecule has 1 heterocycles. The molecule has 2 aromatic carbocycles. The number of hydrogen-bond donors (Lipinski definition) is 2. The van der Waals surface area contributed by atoms with Crippen molar-refractivity contribution < 1.29 is 22.4 Å². The maximum atomic E-state index is 13.2. The molecule has 7 nitrogen and oxygen atoms in total. The third-order valence-electron chi connectivity index (χ3n) is 4.81. The Balaban J connectivity index is 1.68. The molecule has 0 unspecified atom stereocenters. The molecule has 0 bridgehead atoms. The second-order valence-electron chi connectivity index (χ2n) is 7.24. The third kappa shape index (κ3) is 5.61. The number of carbonyl (C=O) groups excluding carboxylic acids is 2. The van der Waals surface area contributed by atoms with Gasteiger partial charge in [-0.05, 0) is 43.7 Å². The van der Waals surface area contributed by atoms with Crippen LogP contribution in [0.5, 0.6) is 0 Å². The highest BCUT2D eigenvalue weighted by atomic mass is 32.2. The Labute approximate surface area is 181 Å². The highest BCUT2D eigenvalue weighted by molar-refractivity contribution is 7.91. The molecule has 0 aliphatic rings. The molecular formula is C23H24N2O5S. The van der Waals surface area contributed by atoms with Gasteiger partial charge in [0.15, 0.2) is 9.84 Å². The monoisotopic (exact) mass is 440 g/mol. The van der Waals surface area contributed by atoms with Crippen molar-refractivity contribution in [1.29, 1.82) is 0 Å². The lowest BCUT2D eigenvalue weighted by molar-refractivity contribution is -0.139. The summed E-state index contributed by atoms with van der Waals surface area (Å²) in [7, 11) is -3.86. The van der Waals surface area contributed by atoms with Gasteiger partial charge in [0, 0.05) is 13.1 Å². The predicted molar refractivity (Wildman–Crippen MR) is 116 cm³/mol. The third-order valence-corrected chi connectivity index (χ3v) is 6.89. The number of aryl methyl sites for hydroxylation is 2. The van der Waals surface area contributed by atoms with Gasteiger partial charge in [0.25, 0.3) is 0 Å². The van der Waals surface area contributed by atoms with Crippen molar-refractivity contribution in [3.8, 4) is 0 Å². The number of furan rings is 1. The summed E-state index contributed by atoms with van der Waals surface area (Å²) in [5.74, 6) is -1.57. The van der Waals surface area contributed by atoms with E-state index in [0.717, 1.165) is 16.7 Å². The number of carbonyl (C=O) groups is 2. The Morgan fingerprint density at radius 3 is 2.03 bits per heavy atom. The van der Waals surface area contributed by atoms with Crippen molar-refractivity contribution in [1.82, 2.24) is 10.6 Å². The van der Waals surface area contributed by atoms with Crippen LogP contribution in [0.15, 0.2) is 76.2 Å². The minimum atomic E-state index is -3.86. The van der Waals surface area contributed by atoms with Gasteiger partial charge < -0.3 is 15.1 Å². The van der Waals surface area contributed by atoms with Gasteiger partial charge in [-0.15, -0.1) is 0 Å². The molecule has 0 saturated carbocycles. The van der Waals surface area contributed by atoms with Crippen molar-refractivity contribution in [3.63, 3.8) is 0 Å². The first-order valence-corrected chi connectivity index (χ1v) is 11.3. The topological polar surface area (TPSA) is 105 Å². The van der Waals surface area contributed by atoms with Crippen LogP contribution < -0.4 is 10.6 Å². The maximum Gasteiger partial charge on any atom is 0.309 e. The van der Waals surface area contributed by atoms with Crippen LogP contribution in [0.1, 0.15) is 27.7 Å². The van der Waals surface area contributed by atoms with E-state index in [-0.39, 0.29) is 23.7 Å². The molecule has 0 fully saturated rings. The maximum absolute atomic E-state index is 13.2. The highest BCUT2D eigenvalue weighted by Crippen LogP contribution is 2.29. The predicted octanol–water partition coefficient (Wildman–Crippen LogP) is 2.84. The lowest BCUT2D eigenvalue weighted by Gasteiger charge is -2.17. The van der Waals surface area contributed by atoms with Crippen molar-refractivity contribution in [2.45, 2.75) is 30.5 Å². The van der Waals surface area contributed by atoms with E-state index < -0.39 is 26.9 Å². The highest BCUT2D eigenvalue weighted by Gasteiger charge is 2.32. The molecule has 0 aliphatic heterocycles. The number of sulfone groups is 1. The Morgan fingerprint density at radius 2 is 1.45 bits per heavy atom. The van der Waals surface area contributed by atoms with E-state index in [1.807, 2.05) is 38.1 Å². The fourth-order valence-corrected chi connectivity index (χ4v) is 4.55. The van der Waals surface area contributed by atoms with E-state index in [1.165, 1.54) is 24.5 Å². The van der Waals surface area contributed by atoms with Crippen LogP contribution in [0.4, 0.5) is 0 Å². The van der Waals surface area contributed by atoms with Gasteiger partial charge in [0.2, 0.25) is 0 Å². The van der Waals surface area contributed by atoms with Crippen LogP contribution in [-0.2, 0) is 26.0 Å². The first kappa shape index (κ1) is 22.3. The molecule has 2 N–H and O–H groups in total. The number of amides is 2. The van der Waals surface area contributed by atoms with Crippen molar-refractivity contribution in [3.05, 3.63) is 89.4 Å². The van der Waals surface area contributed by atoms with Crippen molar-refractivity contribution in [2.24, 2.45) is 0 Å². The first-order valence-electron chi connectivity index (χ1n) is 9.73. The zero-order valence-corrected chi connectivity index (χ0v) is 18.1. The zero-order chi connectivity index (χ0) is 22.4. The second-order valence-corrected chi connectivity index (χ2v) is 9.37. The molecule has 31 heavy (non-hydrogen) atoms. The number of rotatable bonds is 7. The van der Waals surface area contributed by atoms with E-state index in [0.29, 0.717) is 0 Å². The van der Waals surface area contributed by atoms with Gasteiger partial charge in [-0.25, -0.2) is 8.42 Å². The van der Waals surface area contributed by atoms with Gasteiger partial charge in [0.05, 0.1) is 11.2 Å². The average molecular weight is 441 g/mol. The van der Waals surface area contributed by atoms with Crippen LogP contribution in [0.2, 0.25) is 0 Å². The lowest BCUT2D eigenvalue weighted by Crippen LogP contribution is -2.42. The van der Waals surface area contributed by atoms with Gasteiger partial charge >= 0.3 is 11.8 Å². The molecule has 2 amide bonds. The molecule has 1 atom stereocenters. The fourth-order valence-electron chi connectivity index (χ4n) is 2.96. The summed E-state index contributed by atoms with van der Waals surface area (Å²) in [6.45, 7) is 3.70. The smallest absolute Gasteiger partial charge is 0.309 e. The molecule has 1 aromatic heterocycles. The molecule has 0 saturated heterocycles. The van der Waals surface area contributed by atoms with Gasteiger partial charge in [-0.3, -0.25) is 9.59 Å². The zero-order valence-electron chi connectivity index (χ0n) is 17.3. The molecule has 0 spiro atoms. The van der Waals surface area contributed by atoms with Crippen LogP contribution >= 0.6 is 0 Å². The minimum Gasteiger partial charge on any atom is -0.468 e. The summed E-state index contributed by atoms with van der Waals surface area (Å²) >= 11 is 0. The van der Waals surface area contributed by atoms with Gasteiger partial charge in [-0.1, -0.05) is 47.5 Å². The van der Waals surface area contributed by atoms with Crippen molar-refractivity contribution >= 4 is 21.7 Å². The summed E-state index contributed by atoms with van der Waals surface area (Å²) in [6, 6.07) is 17.0. The second kappa shape index (κ2) is 9.61. The molecule has 3 aromatic rings. The molecule has 8 heteroatoms. The van der Waals surface area contributed by atoms with E-state index >= 15 is 0 Å². The van der Waals surface area contributed by atoms with Gasteiger partial charge in [0.1, 0.15) is 11.0 Å². The van der Waals surface area contributed by atoms with E-state index in [2.05, 4.69) is 10.6 Å². The Bertz CT molecular complexity index is 1140. The Hall–Kier alpha value is -3.39. The largest absolute Gasteiger partial charge is 0.468 e. The standard InChI is InChI=1S/C23H24N2O5S/c1-16-5-9-18(10-6-16)14-24-22(26)23(27)25-15-21(20-4-3-13-30-20)31(28,29)19-11-7-17(2)8-12-19/h3-13,21H,14-15H2,1-2H3,(H,24,26)(H,25,27)/t21-/m0/s1. The first-order chi connectivity index (χ1) is 14.8. The summed E-state index contributed by atoms with van der Waals surface area (Å²) in [5.41, 5.74) is 2.86. The van der Waals surface area contributed by atoms with E-state index in [4.69, 9.17) is 4.42 Å². The number of benzene rings is 2. The number of nitrogens with one attached hydrogen (secondary N) is 2. The molecular weight excluding hydrogens is 416 g/mol. The van der Waals surface area contributed by atoms with Crippen LogP contribution in [-0.4, -0.2) is 26.8 Å². The average Bonchev–Trinajstić information content (AvgIpc) is 3.27. The molecule has 0 aliphatic carbocycles. The fraction of sp³-hybridized carbons (Fsp3) is 0.217. The lowest BCUT2D eigenvalue weighted by atomic mass is 10.1. The molecule has 3 rings (SSSR count). The minimum absolute atomic E-state index is 0.109. The van der Waals surface area contributed by atoms with Crippen molar-refractivity contribution in [2.75, 3.05) is 6.54 Å². The molecule has 0 radical (unpaired) electrons. The van der Waals surface area contributed by atoms with E-state index in [9.17, 15) is 18.0 Å². The van der Waals surface area contributed by atoms with Crippen LogP contribution in [0.25, 0.3) is 0 Å². The molecule has 162 valence electrons. The quantitative estimate of drug-likeness (QED) is 0.550. The van der Waals surface area contributed by atoms with E-state index in [1.54, 1.807) is 18.2 Å². The van der Waals surface area contributed by atoms with Crippen LogP contribution in [0, 0.1) is 13.8 Å². The SMILES string of the molecule is Cc1ccc(CNC(=O)C(=O)NC[C@@H](c2ccco2)S(=O)(=O)c2ccc(C)cc2)cc1. The summed E-state index contributed by atoms with van der Waals surface area (Å²) in [4.78, 5) is 24.5. The normalized spacial score (nSPS) is 12.2. The number of hydrogen-bond acceptors (Lipinski definition) is 5. The summed E-state index contributed by atoms with van der Waals surface area (Å²) < 4.78 is 31.6. The van der Waals surface area contributed by atoms with Gasteiger partial charge in [-0.2, -0.15) is 0 Å². The summed E-state index contributed by atoms with van der Waals surface area (Å²) in [6.07, 6.45) is 1.36. The Morgan fingerprint density at radius 1 is 0.871 bits per heavy atom. The Kier molecular flexibility index (Phi) is 6.91.